The van der Waals surface area contributed by atoms with Crippen LogP contribution in [0.4, 0.5) is 11.4 Å². The van der Waals surface area contributed by atoms with Crippen molar-refractivity contribution in [1.29, 1.82) is 0 Å². The van der Waals surface area contributed by atoms with Crippen LogP contribution in [0.25, 0.3) is 6.08 Å². The first-order valence-corrected chi connectivity index (χ1v) is 4.16. The standard InChI is InChI=1S/C8H5N3O6/c12-9(13)4-3-6-5-7(10(14)15)1-2-8(6)11(16)17/h1-5H/b4-3+. The molecule has 0 atom stereocenters. The summed E-state index contributed by atoms with van der Waals surface area (Å²) < 4.78 is 0. The molecule has 9 heteroatoms. The molecule has 9 nitrogen and oxygen atoms in total. The first kappa shape index (κ1) is 12.2. The Labute approximate surface area is 93.4 Å². The topological polar surface area (TPSA) is 129 Å². The molecule has 0 spiro atoms. The van der Waals surface area contributed by atoms with Gasteiger partial charge < -0.3 is 0 Å². The predicted molar refractivity (Wildman–Crippen MR) is 55.8 cm³/mol. The van der Waals surface area contributed by atoms with Crippen LogP contribution in [-0.2, 0) is 0 Å². The fraction of sp³-hybridized carbons (Fsp3) is 0. The second-order valence-electron chi connectivity index (χ2n) is 2.86. The lowest BCUT2D eigenvalue weighted by Crippen LogP contribution is -1.95. The van der Waals surface area contributed by atoms with E-state index in [1.807, 2.05) is 0 Å². The number of nitro groups is 3. The third kappa shape index (κ3) is 3.06. The van der Waals surface area contributed by atoms with Gasteiger partial charge in [0.25, 0.3) is 11.4 Å². The highest BCUT2D eigenvalue weighted by Gasteiger charge is 2.17. The van der Waals surface area contributed by atoms with Gasteiger partial charge in [0.1, 0.15) is 0 Å². The maximum Gasteiger partial charge on any atom is 0.277 e. The summed E-state index contributed by atoms with van der Waals surface area (Å²) in [6, 6.07) is 2.79. The van der Waals surface area contributed by atoms with E-state index in [4.69, 9.17) is 0 Å². The van der Waals surface area contributed by atoms with E-state index in [1.54, 1.807) is 0 Å². The molecule has 1 aromatic carbocycles. The lowest BCUT2D eigenvalue weighted by molar-refractivity contribution is -0.401. The Morgan fingerprint density at radius 1 is 1.00 bits per heavy atom. The Hall–Kier alpha value is -2.84. The minimum atomic E-state index is -0.817. The van der Waals surface area contributed by atoms with Gasteiger partial charge in [0.2, 0.25) is 6.20 Å². The molecule has 17 heavy (non-hydrogen) atoms. The van der Waals surface area contributed by atoms with Crippen molar-refractivity contribution in [3.63, 3.8) is 0 Å². The van der Waals surface area contributed by atoms with E-state index >= 15 is 0 Å². The Kier molecular flexibility index (Phi) is 3.44. The van der Waals surface area contributed by atoms with Gasteiger partial charge in [-0.1, -0.05) is 0 Å². The molecule has 0 unspecified atom stereocenters. The van der Waals surface area contributed by atoms with Gasteiger partial charge in [-0.2, -0.15) is 0 Å². The lowest BCUT2D eigenvalue weighted by Gasteiger charge is -1.96. The smallest absolute Gasteiger partial charge is 0.259 e. The van der Waals surface area contributed by atoms with Crippen molar-refractivity contribution in [2.75, 3.05) is 0 Å². The molecule has 0 aliphatic carbocycles. The number of hydrogen-bond donors (Lipinski definition) is 0. The Bertz CT molecular complexity index is 524. The van der Waals surface area contributed by atoms with Crippen LogP contribution >= 0.6 is 0 Å². The van der Waals surface area contributed by atoms with E-state index < -0.39 is 20.5 Å². The van der Waals surface area contributed by atoms with E-state index in [1.165, 1.54) is 0 Å². The van der Waals surface area contributed by atoms with Gasteiger partial charge in [-0.05, 0) is 0 Å². The van der Waals surface area contributed by atoms with Crippen LogP contribution in [-0.4, -0.2) is 14.8 Å². The highest BCUT2D eigenvalue weighted by molar-refractivity contribution is 5.63. The summed E-state index contributed by atoms with van der Waals surface area (Å²) in [6.07, 6.45) is 1.32. The molecular weight excluding hydrogens is 234 g/mol. The summed E-state index contributed by atoms with van der Waals surface area (Å²) in [5, 5.41) is 31.1. The number of hydrogen-bond acceptors (Lipinski definition) is 6. The fourth-order valence-electron chi connectivity index (χ4n) is 1.10. The molecule has 0 bridgehead atoms. The maximum atomic E-state index is 10.6. The average Bonchev–Trinajstić information content (AvgIpc) is 2.25. The molecule has 1 aromatic rings. The summed E-state index contributed by atoms with van der Waals surface area (Å²) in [6.45, 7) is 0. The molecule has 0 aliphatic heterocycles. The summed E-state index contributed by atoms with van der Waals surface area (Å²) in [5.41, 5.74) is -1.01. The van der Waals surface area contributed by atoms with Gasteiger partial charge in [-0.3, -0.25) is 30.3 Å². The summed E-state index contributed by atoms with van der Waals surface area (Å²) >= 11 is 0. The monoisotopic (exact) mass is 239 g/mol. The van der Waals surface area contributed by atoms with Crippen molar-refractivity contribution in [2.24, 2.45) is 0 Å². The minimum Gasteiger partial charge on any atom is -0.259 e. The first-order chi connectivity index (χ1) is 7.91. The summed E-state index contributed by atoms with van der Waals surface area (Å²) in [4.78, 5) is 28.8. The van der Waals surface area contributed by atoms with Gasteiger partial charge in [0.15, 0.2) is 0 Å². The third-order valence-electron chi connectivity index (χ3n) is 1.79. The van der Waals surface area contributed by atoms with Crippen molar-refractivity contribution in [3.05, 3.63) is 60.3 Å². The van der Waals surface area contributed by atoms with Crippen molar-refractivity contribution < 1.29 is 14.8 Å². The summed E-state index contributed by atoms with van der Waals surface area (Å²) in [7, 11) is 0. The van der Waals surface area contributed by atoms with Gasteiger partial charge in [-0.15, -0.1) is 0 Å². The normalized spacial score (nSPS) is 10.4. The SMILES string of the molecule is O=[N+]([O-])/C=C/c1cc([N+](=O)[O-])ccc1[N+](=O)[O-]. The molecule has 0 radical (unpaired) electrons. The first-order valence-electron chi connectivity index (χ1n) is 4.16. The largest absolute Gasteiger partial charge is 0.277 e. The van der Waals surface area contributed by atoms with Crippen molar-refractivity contribution >= 4 is 17.5 Å². The van der Waals surface area contributed by atoms with E-state index in [2.05, 4.69) is 0 Å². The highest BCUT2D eigenvalue weighted by atomic mass is 16.6. The molecule has 0 amide bonds. The maximum absolute atomic E-state index is 10.6. The van der Waals surface area contributed by atoms with Gasteiger partial charge >= 0.3 is 0 Å². The molecule has 0 N–H and O–H groups in total. The van der Waals surface area contributed by atoms with Crippen LogP contribution in [0.2, 0.25) is 0 Å². The molecule has 0 heterocycles. The Balaban J connectivity index is 3.30. The number of nitrogens with zero attached hydrogens (tertiary/aromatic N) is 3. The second-order valence-corrected chi connectivity index (χ2v) is 2.86. The zero-order valence-electron chi connectivity index (χ0n) is 8.18. The fourth-order valence-corrected chi connectivity index (χ4v) is 1.10. The number of rotatable bonds is 4. The van der Waals surface area contributed by atoms with Crippen LogP contribution in [0, 0.1) is 30.3 Å². The average molecular weight is 239 g/mol. The molecule has 0 fully saturated rings. The van der Waals surface area contributed by atoms with Crippen LogP contribution in [0.1, 0.15) is 5.56 Å². The Morgan fingerprint density at radius 3 is 2.12 bits per heavy atom. The van der Waals surface area contributed by atoms with E-state index in [0.717, 1.165) is 24.3 Å². The minimum absolute atomic E-state index is 0.194. The second kappa shape index (κ2) is 4.79. The van der Waals surface area contributed by atoms with Crippen LogP contribution in [0.15, 0.2) is 24.4 Å². The zero-order valence-corrected chi connectivity index (χ0v) is 8.18. The molecular formula is C8H5N3O6. The third-order valence-corrected chi connectivity index (χ3v) is 1.79. The Morgan fingerprint density at radius 2 is 1.65 bits per heavy atom. The van der Waals surface area contributed by atoms with Crippen molar-refractivity contribution in [2.45, 2.75) is 0 Å². The predicted octanol–water partition coefficient (Wildman–Crippen LogP) is 1.75. The molecule has 0 aliphatic rings. The van der Waals surface area contributed by atoms with E-state index in [0.29, 0.717) is 6.20 Å². The van der Waals surface area contributed by atoms with E-state index in [9.17, 15) is 30.3 Å². The zero-order chi connectivity index (χ0) is 13.0. The quantitative estimate of drug-likeness (QED) is 0.581. The van der Waals surface area contributed by atoms with Crippen LogP contribution < -0.4 is 0 Å². The molecule has 1 rings (SSSR count). The number of benzene rings is 1. The van der Waals surface area contributed by atoms with Crippen LogP contribution in [0.5, 0.6) is 0 Å². The van der Waals surface area contributed by atoms with Crippen molar-refractivity contribution in [3.8, 4) is 0 Å². The molecule has 0 aromatic heterocycles. The summed E-state index contributed by atoms with van der Waals surface area (Å²) in [5.74, 6) is 0. The molecule has 0 saturated heterocycles. The van der Waals surface area contributed by atoms with E-state index in [-0.39, 0.29) is 11.3 Å². The van der Waals surface area contributed by atoms with Gasteiger partial charge in [0, 0.05) is 24.3 Å². The van der Waals surface area contributed by atoms with Crippen LogP contribution in [0.3, 0.4) is 0 Å². The van der Waals surface area contributed by atoms with Gasteiger partial charge in [0.05, 0.1) is 20.3 Å². The molecule has 0 saturated carbocycles. The number of nitro benzene ring substituents is 2. The number of non-ortho nitro benzene ring substituents is 1. The lowest BCUT2D eigenvalue weighted by atomic mass is 10.1. The van der Waals surface area contributed by atoms with Gasteiger partial charge in [-0.25, -0.2) is 0 Å². The highest BCUT2D eigenvalue weighted by Crippen LogP contribution is 2.25. The van der Waals surface area contributed by atoms with Crippen molar-refractivity contribution in [1.82, 2.24) is 0 Å². The molecule has 88 valence electrons.